The fourth-order valence-corrected chi connectivity index (χ4v) is 3.55. The number of halogens is 3. The Hall–Kier alpha value is -4.18. The number of carbonyl (C=O) groups is 1. The zero-order valence-corrected chi connectivity index (χ0v) is 18.1. The number of benzene rings is 2. The SMILES string of the molecule is NC(Cc1ccc(-c2cc(OC(c3ccccc3-c3ccoc3)C(F)(F)F)ncn2)cc1)C(=O)O. The van der Waals surface area contributed by atoms with E-state index in [0.717, 1.165) is 6.33 Å². The molecule has 0 fully saturated rings. The fraction of sp³-hybridized carbons (Fsp3) is 0.160. The largest absolute Gasteiger partial charge is 0.480 e. The van der Waals surface area contributed by atoms with Gasteiger partial charge in [0.15, 0.2) is 0 Å². The molecule has 7 nitrogen and oxygen atoms in total. The molecule has 0 aliphatic carbocycles. The highest BCUT2D eigenvalue weighted by atomic mass is 19.4. The summed E-state index contributed by atoms with van der Waals surface area (Å²) in [5.74, 6) is -1.36. The Labute approximate surface area is 198 Å². The lowest BCUT2D eigenvalue weighted by Gasteiger charge is -2.23. The van der Waals surface area contributed by atoms with Gasteiger partial charge >= 0.3 is 12.1 Å². The molecule has 2 aromatic heterocycles. The Morgan fingerprint density at radius 1 is 1.06 bits per heavy atom. The van der Waals surface area contributed by atoms with Crippen molar-refractivity contribution in [1.82, 2.24) is 9.97 Å². The minimum atomic E-state index is -4.73. The third-order valence-electron chi connectivity index (χ3n) is 5.28. The summed E-state index contributed by atoms with van der Waals surface area (Å²) in [5.41, 5.74) is 7.92. The van der Waals surface area contributed by atoms with Crippen molar-refractivity contribution in [3.05, 3.63) is 90.6 Å². The summed E-state index contributed by atoms with van der Waals surface area (Å²) in [6.07, 6.45) is -3.01. The zero-order chi connectivity index (χ0) is 25.0. The van der Waals surface area contributed by atoms with Gasteiger partial charge in [-0.05, 0) is 23.6 Å². The summed E-state index contributed by atoms with van der Waals surface area (Å²) in [6.45, 7) is 0. The van der Waals surface area contributed by atoms with Crippen LogP contribution in [0.15, 0.2) is 83.9 Å². The molecule has 0 aliphatic heterocycles. The van der Waals surface area contributed by atoms with Crippen LogP contribution in [-0.2, 0) is 11.2 Å². The molecular formula is C25H20F3N3O4. The molecule has 0 amide bonds. The molecule has 0 radical (unpaired) electrons. The number of hydrogen-bond donors (Lipinski definition) is 2. The maximum absolute atomic E-state index is 14.1. The average molecular weight is 483 g/mol. The number of carboxylic acids is 1. The minimum Gasteiger partial charge on any atom is -0.480 e. The molecule has 3 N–H and O–H groups in total. The number of furan rings is 1. The summed E-state index contributed by atoms with van der Waals surface area (Å²) in [7, 11) is 0. The summed E-state index contributed by atoms with van der Waals surface area (Å²) >= 11 is 0. The van der Waals surface area contributed by atoms with Crippen LogP contribution in [0.2, 0.25) is 0 Å². The second-order valence-electron chi connectivity index (χ2n) is 7.73. The second-order valence-corrected chi connectivity index (χ2v) is 7.73. The maximum atomic E-state index is 14.1. The molecular weight excluding hydrogens is 463 g/mol. The van der Waals surface area contributed by atoms with Crippen molar-refractivity contribution in [1.29, 1.82) is 0 Å². The zero-order valence-electron chi connectivity index (χ0n) is 18.1. The predicted molar refractivity (Wildman–Crippen MR) is 120 cm³/mol. The normalized spacial score (nSPS) is 13.3. The standard InChI is InChI=1S/C25H20F3N3O4/c26-25(27,28)23(19-4-2-1-3-18(19)17-9-10-34-13-17)35-22-12-21(30-14-31-22)16-7-5-15(6-8-16)11-20(29)24(32)33/h1-10,12-14,20,23H,11,29H2,(H,32,33). The Morgan fingerprint density at radius 2 is 1.80 bits per heavy atom. The van der Waals surface area contributed by atoms with Crippen molar-refractivity contribution in [2.45, 2.75) is 24.7 Å². The van der Waals surface area contributed by atoms with Crippen molar-refractivity contribution in [3.63, 3.8) is 0 Å². The van der Waals surface area contributed by atoms with Gasteiger partial charge < -0.3 is 20.0 Å². The monoisotopic (exact) mass is 483 g/mol. The smallest absolute Gasteiger partial charge is 0.429 e. The molecule has 4 rings (SSSR count). The van der Waals surface area contributed by atoms with Gasteiger partial charge in [0.1, 0.15) is 12.4 Å². The summed E-state index contributed by atoms with van der Waals surface area (Å²) < 4.78 is 52.7. The molecule has 2 atom stereocenters. The van der Waals surface area contributed by atoms with Gasteiger partial charge in [0.25, 0.3) is 0 Å². The Balaban J connectivity index is 1.61. The molecule has 0 aliphatic rings. The lowest BCUT2D eigenvalue weighted by molar-refractivity contribution is -0.198. The Bertz CT molecular complexity index is 1290. The van der Waals surface area contributed by atoms with E-state index >= 15 is 0 Å². The predicted octanol–water partition coefficient (Wildman–Crippen LogP) is 5.04. The molecule has 2 aromatic carbocycles. The quantitative estimate of drug-likeness (QED) is 0.361. The van der Waals surface area contributed by atoms with Crippen LogP contribution in [0.1, 0.15) is 17.2 Å². The number of ether oxygens (including phenoxy) is 1. The van der Waals surface area contributed by atoms with Gasteiger partial charge in [-0.3, -0.25) is 4.79 Å². The van der Waals surface area contributed by atoms with Crippen LogP contribution in [0.4, 0.5) is 13.2 Å². The highest BCUT2D eigenvalue weighted by Gasteiger charge is 2.44. The number of rotatable bonds is 8. The van der Waals surface area contributed by atoms with Crippen molar-refractivity contribution in [2.24, 2.45) is 5.73 Å². The highest BCUT2D eigenvalue weighted by molar-refractivity contribution is 5.73. The third kappa shape index (κ3) is 5.67. The van der Waals surface area contributed by atoms with E-state index in [0.29, 0.717) is 27.9 Å². The topological polar surface area (TPSA) is 111 Å². The first-order valence-corrected chi connectivity index (χ1v) is 10.5. The van der Waals surface area contributed by atoms with Gasteiger partial charge in [-0.1, -0.05) is 48.5 Å². The van der Waals surface area contributed by atoms with Gasteiger partial charge in [-0.2, -0.15) is 13.2 Å². The van der Waals surface area contributed by atoms with Crippen LogP contribution < -0.4 is 10.5 Å². The van der Waals surface area contributed by atoms with E-state index in [4.69, 9.17) is 20.0 Å². The molecule has 10 heteroatoms. The van der Waals surface area contributed by atoms with Gasteiger partial charge in [-0.15, -0.1) is 0 Å². The first kappa shape index (κ1) is 24.0. The number of nitrogens with two attached hydrogens (primary N) is 1. The highest BCUT2D eigenvalue weighted by Crippen LogP contribution is 2.41. The molecule has 2 unspecified atom stereocenters. The number of alkyl halides is 3. The summed E-state index contributed by atoms with van der Waals surface area (Å²) in [6, 6.07) is 14.6. The lowest BCUT2D eigenvalue weighted by Crippen LogP contribution is -2.32. The average Bonchev–Trinajstić information content (AvgIpc) is 3.37. The molecule has 35 heavy (non-hydrogen) atoms. The number of carboxylic acid groups (broad SMARTS) is 1. The molecule has 0 saturated heterocycles. The van der Waals surface area contributed by atoms with E-state index < -0.39 is 24.3 Å². The van der Waals surface area contributed by atoms with Crippen LogP contribution in [0.25, 0.3) is 22.4 Å². The van der Waals surface area contributed by atoms with Crippen LogP contribution in [0.3, 0.4) is 0 Å². The van der Waals surface area contributed by atoms with Gasteiger partial charge in [0.05, 0.1) is 18.2 Å². The third-order valence-corrected chi connectivity index (χ3v) is 5.28. The van der Waals surface area contributed by atoms with E-state index in [9.17, 15) is 18.0 Å². The molecule has 0 bridgehead atoms. The first-order chi connectivity index (χ1) is 16.7. The van der Waals surface area contributed by atoms with E-state index in [1.807, 2.05) is 0 Å². The van der Waals surface area contributed by atoms with Gasteiger partial charge in [-0.25, -0.2) is 9.97 Å². The first-order valence-electron chi connectivity index (χ1n) is 10.5. The van der Waals surface area contributed by atoms with Crippen molar-refractivity contribution in [2.75, 3.05) is 0 Å². The Kier molecular flexibility index (Phi) is 6.83. The van der Waals surface area contributed by atoms with Gasteiger partial charge in [0.2, 0.25) is 12.0 Å². The molecule has 180 valence electrons. The van der Waals surface area contributed by atoms with E-state index in [1.165, 1.54) is 30.7 Å². The Morgan fingerprint density at radius 3 is 2.46 bits per heavy atom. The molecule has 0 saturated carbocycles. The van der Waals surface area contributed by atoms with Crippen LogP contribution >= 0.6 is 0 Å². The van der Waals surface area contributed by atoms with Crippen molar-refractivity contribution in [3.8, 4) is 28.3 Å². The molecule has 4 aromatic rings. The summed E-state index contributed by atoms with van der Waals surface area (Å²) in [5, 5.41) is 8.95. The van der Waals surface area contributed by atoms with E-state index in [1.54, 1.807) is 42.5 Å². The van der Waals surface area contributed by atoms with Crippen LogP contribution in [-0.4, -0.2) is 33.3 Å². The van der Waals surface area contributed by atoms with E-state index in [-0.39, 0.29) is 17.9 Å². The number of hydrogen-bond acceptors (Lipinski definition) is 6. The fourth-order valence-electron chi connectivity index (χ4n) is 3.55. The maximum Gasteiger partial charge on any atom is 0.429 e. The molecule has 2 heterocycles. The second kappa shape index (κ2) is 9.98. The number of aromatic nitrogens is 2. The van der Waals surface area contributed by atoms with Crippen LogP contribution in [0, 0.1) is 0 Å². The van der Waals surface area contributed by atoms with Gasteiger partial charge in [0, 0.05) is 22.8 Å². The van der Waals surface area contributed by atoms with Crippen molar-refractivity contribution >= 4 is 5.97 Å². The van der Waals surface area contributed by atoms with Crippen LogP contribution in [0.5, 0.6) is 5.88 Å². The summed E-state index contributed by atoms with van der Waals surface area (Å²) in [4.78, 5) is 18.9. The molecule has 0 spiro atoms. The minimum absolute atomic E-state index is 0.0827. The number of aliphatic carboxylic acids is 1. The lowest BCUT2D eigenvalue weighted by atomic mass is 9.97. The van der Waals surface area contributed by atoms with Crippen molar-refractivity contribution < 1.29 is 32.2 Å². The van der Waals surface area contributed by atoms with E-state index in [2.05, 4.69) is 9.97 Å². The number of nitrogens with zero attached hydrogens (tertiary/aromatic N) is 2.